The minimum absolute atomic E-state index is 0.201. The molecule has 0 radical (unpaired) electrons. The second-order valence-corrected chi connectivity index (χ2v) is 8.15. The van der Waals surface area contributed by atoms with Gasteiger partial charge in [-0.25, -0.2) is 18.1 Å². The molecule has 8 heteroatoms. The van der Waals surface area contributed by atoms with E-state index >= 15 is 0 Å². The third-order valence-electron chi connectivity index (χ3n) is 4.28. The van der Waals surface area contributed by atoms with Crippen LogP contribution in [0.2, 0.25) is 0 Å². The van der Waals surface area contributed by atoms with Crippen LogP contribution in [0.3, 0.4) is 0 Å². The Kier molecular flexibility index (Phi) is 3.94. The predicted molar refractivity (Wildman–Crippen MR) is 84.3 cm³/mol. The van der Waals surface area contributed by atoms with Gasteiger partial charge in [-0.15, -0.1) is 11.3 Å². The molecule has 21 heavy (non-hydrogen) atoms. The highest BCUT2D eigenvalue weighted by Crippen LogP contribution is 2.31. The third-order valence-corrected chi connectivity index (χ3v) is 6.49. The number of sulfonamides is 1. The minimum Gasteiger partial charge on any atom is -0.371 e. The van der Waals surface area contributed by atoms with Crippen LogP contribution in [0.15, 0.2) is 16.6 Å². The number of fused-ring (bicyclic) bond motifs is 1. The van der Waals surface area contributed by atoms with E-state index in [1.807, 2.05) is 5.38 Å². The first-order chi connectivity index (χ1) is 10.0. The van der Waals surface area contributed by atoms with Gasteiger partial charge in [-0.3, -0.25) is 4.40 Å². The Morgan fingerprint density at radius 1 is 1.48 bits per heavy atom. The lowest BCUT2D eigenvalue weighted by atomic mass is 9.99. The Bertz CT molecular complexity index is 735. The van der Waals surface area contributed by atoms with E-state index in [4.69, 9.17) is 0 Å². The molecule has 0 aliphatic heterocycles. The number of nitrogens with zero attached hydrogens (tertiary/aromatic N) is 2. The zero-order valence-corrected chi connectivity index (χ0v) is 13.8. The molecule has 1 aliphatic rings. The second kappa shape index (κ2) is 5.58. The fourth-order valence-corrected chi connectivity index (χ4v) is 5.15. The molecule has 2 atom stereocenters. The first kappa shape index (κ1) is 14.8. The molecule has 2 heterocycles. The molecule has 0 spiro atoms. The first-order valence-electron chi connectivity index (χ1n) is 7.16. The number of hydrogen-bond acceptors (Lipinski definition) is 5. The van der Waals surface area contributed by atoms with Gasteiger partial charge >= 0.3 is 0 Å². The van der Waals surface area contributed by atoms with Gasteiger partial charge in [-0.05, 0) is 18.3 Å². The number of imidazole rings is 1. The van der Waals surface area contributed by atoms with Crippen LogP contribution < -0.4 is 10.0 Å². The molecule has 2 aromatic rings. The molecule has 2 unspecified atom stereocenters. The highest BCUT2D eigenvalue weighted by atomic mass is 32.2. The predicted octanol–water partition coefficient (Wildman–Crippen LogP) is 2.15. The van der Waals surface area contributed by atoms with Crippen molar-refractivity contribution < 1.29 is 8.42 Å². The van der Waals surface area contributed by atoms with E-state index in [9.17, 15) is 8.42 Å². The van der Waals surface area contributed by atoms with E-state index < -0.39 is 10.0 Å². The van der Waals surface area contributed by atoms with Gasteiger partial charge in [0.2, 0.25) is 0 Å². The molecular formula is C13H20N4O2S2. The fraction of sp³-hybridized carbons (Fsp3) is 0.615. The van der Waals surface area contributed by atoms with Gasteiger partial charge in [0.1, 0.15) is 0 Å². The first-order valence-corrected chi connectivity index (χ1v) is 9.52. The summed E-state index contributed by atoms with van der Waals surface area (Å²) in [4.78, 5) is 4.98. The Morgan fingerprint density at radius 2 is 2.29 bits per heavy atom. The molecule has 3 rings (SSSR count). The summed E-state index contributed by atoms with van der Waals surface area (Å²) in [5.74, 6) is 1.42. The zero-order valence-electron chi connectivity index (χ0n) is 12.2. The molecule has 0 saturated heterocycles. The van der Waals surface area contributed by atoms with Gasteiger partial charge in [0.15, 0.2) is 15.8 Å². The number of nitrogens with one attached hydrogen (secondary N) is 2. The van der Waals surface area contributed by atoms with Crippen molar-refractivity contribution in [3.8, 4) is 0 Å². The number of thiazole rings is 1. The molecule has 0 bridgehead atoms. The normalized spacial score (nSPS) is 23.0. The average Bonchev–Trinajstić information content (AvgIpc) is 3.10. The van der Waals surface area contributed by atoms with E-state index in [1.54, 1.807) is 17.6 Å². The summed E-state index contributed by atoms with van der Waals surface area (Å²) in [5, 5.41) is 4.90. The Hall–Kier alpha value is -1.12. The van der Waals surface area contributed by atoms with Crippen molar-refractivity contribution in [2.75, 3.05) is 18.9 Å². The molecule has 6 nitrogen and oxygen atoms in total. The second-order valence-electron chi connectivity index (χ2n) is 5.59. The number of rotatable bonds is 5. The number of aromatic nitrogens is 2. The summed E-state index contributed by atoms with van der Waals surface area (Å²) in [6, 6.07) is 0. The van der Waals surface area contributed by atoms with Crippen LogP contribution in [-0.4, -0.2) is 31.4 Å². The van der Waals surface area contributed by atoms with Crippen molar-refractivity contribution in [2.24, 2.45) is 11.8 Å². The van der Waals surface area contributed by atoms with Gasteiger partial charge in [0.25, 0.3) is 10.0 Å². The van der Waals surface area contributed by atoms with Crippen molar-refractivity contribution in [2.45, 2.75) is 31.2 Å². The van der Waals surface area contributed by atoms with Crippen LogP contribution >= 0.6 is 11.3 Å². The molecule has 116 valence electrons. The summed E-state index contributed by atoms with van der Waals surface area (Å²) in [7, 11) is -1.89. The fourth-order valence-electron chi connectivity index (χ4n) is 3.00. The van der Waals surface area contributed by atoms with Gasteiger partial charge < -0.3 is 5.32 Å². The molecule has 2 N–H and O–H groups in total. The Morgan fingerprint density at radius 3 is 2.95 bits per heavy atom. The molecule has 1 aliphatic carbocycles. The molecule has 1 fully saturated rings. The average molecular weight is 328 g/mol. The van der Waals surface area contributed by atoms with E-state index in [-0.39, 0.29) is 5.03 Å². The Balaban J connectivity index is 1.87. The lowest BCUT2D eigenvalue weighted by Crippen LogP contribution is -2.31. The van der Waals surface area contributed by atoms with E-state index in [1.165, 1.54) is 24.2 Å². The zero-order chi connectivity index (χ0) is 15.0. The van der Waals surface area contributed by atoms with E-state index in [2.05, 4.69) is 21.9 Å². The minimum atomic E-state index is -3.57. The molecule has 0 aromatic carbocycles. The van der Waals surface area contributed by atoms with Crippen molar-refractivity contribution in [1.29, 1.82) is 0 Å². The van der Waals surface area contributed by atoms with Crippen LogP contribution in [0.5, 0.6) is 0 Å². The number of hydrogen-bond donors (Lipinski definition) is 2. The SMILES string of the molecule is CNc1nc2sccn2c1S(=O)(=O)NCC1CCCC1C. The maximum atomic E-state index is 12.6. The smallest absolute Gasteiger partial charge is 0.260 e. The number of anilines is 1. The maximum Gasteiger partial charge on any atom is 0.260 e. The molecule has 1 saturated carbocycles. The summed E-state index contributed by atoms with van der Waals surface area (Å²) >= 11 is 1.42. The maximum absolute atomic E-state index is 12.6. The Labute approximate surface area is 128 Å². The van der Waals surface area contributed by atoms with Gasteiger partial charge in [-0.2, -0.15) is 0 Å². The van der Waals surface area contributed by atoms with E-state index in [0.717, 1.165) is 6.42 Å². The van der Waals surface area contributed by atoms with Crippen molar-refractivity contribution in [1.82, 2.24) is 14.1 Å². The van der Waals surface area contributed by atoms with Crippen molar-refractivity contribution >= 4 is 32.1 Å². The van der Waals surface area contributed by atoms with Crippen molar-refractivity contribution in [3.05, 3.63) is 11.6 Å². The highest BCUT2D eigenvalue weighted by molar-refractivity contribution is 7.89. The largest absolute Gasteiger partial charge is 0.371 e. The van der Waals surface area contributed by atoms with Crippen LogP contribution in [0.25, 0.3) is 4.96 Å². The summed E-state index contributed by atoms with van der Waals surface area (Å²) in [6.45, 7) is 2.70. The van der Waals surface area contributed by atoms with Crippen LogP contribution in [0, 0.1) is 11.8 Å². The van der Waals surface area contributed by atoms with Crippen LogP contribution in [-0.2, 0) is 10.0 Å². The standard InChI is InChI=1S/C13H20N4O2S2/c1-9-4-3-5-10(9)8-15-21(18,19)12-11(14-2)16-13-17(12)6-7-20-13/h6-7,9-10,14-15H,3-5,8H2,1-2H3. The van der Waals surface area contributed by atoms with Crippen LogP contribution in [0.4, 0.5) is 5.82 Å². The van der Waals surface area contributed by atoms with Crippen LogP contribution in [0.1, 0.15) is 26.2 Å². The van der Waals surface area contributed by atoms with Gasteiger partial charge in [0, 0.05) is 25.2 Å². The quantitative estimate of drug-likeness (QED) is 0.882. The lowest BCUT2D eigenvalue weighted by molar-refractivity contribution is 0.414. The topological polar surface area (TPSA) is 75.5 Å². The molecule has 2 aromatic heterocycles. The van der Waals surface area contributed by atoms with Crippen molar-refractivity contribution in [3.63, 3.8) is 0 Å². The summed E-state index contributed by atoms with van der Waals surface area (Å²) < 4.78 is 29.7. The molecule has 0 amide bonds. The highest BCUT2D eigenvalue weighted by Gasteiger charge is 2.29. The monoisotopic (exact) mass is 328 g/mol. The molecular weight excluding hydrogens is 308 g/mol. The summed E-state index contributed by atoms with van der Waals surface area (Å²) in [5.41, 5.74) is 0. The van der Waals surface area contributed by atoms with E-state index in [0.29, 0.717) is 29.2 Å². The van der Waals surface area contributed by atoms with Gasteiger partial charge in [0.05, 0.1) is 0 Å². The summed E-state index contributed by atoms with van der Waals surface area (Å²) in [6.07, 6.45) is 5.22. The lowest BCUT2D eigenvalue weighted by Gasteiger charge is -2.16. The van der Waals surface area contributed by atoms with Gasteiger partial charge in [-0.1, -0.05) is 19.8 Å². The third kappa shape index (κ3) is 2.67.